The van der Waals surface area contributed by atoms with Crippen LogP contribution in [-0.2, 0) is 0 Å². The fourth-order valence-electron chi connectivity index (χ4n) is 2.11. The first-order valence-corrected chi connectivity index (χ1v) is 5.95. The molecule has 15 heavy (non-hydrogen) atoms. The summed E-state index contributed by atoms with van der Waals surface area (Å²) in [4.78, 5) is 0. The highest BCUT2D eigenvalue weighted by molar-refractivity contribution is 5.14. The Bertz CT molecular complexity index is 227. The average Bonchev–Trinajstić information content (AvgIpc) is 2.17. The number of hydrogen-bond donors (Lipinski definition) is 1. The monoisotopic (exact) mass is 213 g/mol. The maximum absolute atomic E-state index is 12.3. The van der Waals surface area contributed by atoms with Gasteiger partial charge in [0.15, 0.2) is 0 Å². The second kappa shape index (κ2) is 5.11. The molecular formula is C13H24FN. The van der Waals surface area contributed by atoms with Crippen molar-refractivity contribution in [2.75, 3.05) is 6.67 Å². The van der Waals surface area contributed by atoms with Gasteiger partial charge >= 0.3 is 0 Å². The molecule has 0 bridgehead atoms. The molecule has 0 aromatic rings. The summed E-state index contributed by atoms with van der Waals surface area (Å²) in [5.41, 5.74) is 1.85. The molecule has 1 aliphatic rings. The summed E-state index contributed by atoms with van der Waals surface area (Å²) in [6, 6.07) is 0.474. The number of hydrogen-bond acceptors (Lipinski definition) is 1. The Morgan fingerprint density at radius 2 is 2.20 bits per heavy atom. The molecule has 2 heteroatoms. The molecule has 0 aromatic carbocycles. The zero-order chi connectivity index (χ0) is 11.5. The average molecular weight is 213 g/mol. The van der Waals surface area contributed by atoms with Crippen molar-refractivity contribution in [3.63, 3.8) is 0 Å². The van der Waals surface area contributed by atoms with E-state index in [-0.39, 0.29) is 12.7 Å². The van der Waals surface area contributed by atoms with E-state index >= 15 is 0 Å². The number of alkyl halides is 1. The predicted molar refractivity (Wildman–Crippen MR) is 63.7 cm³/mol. The number of nitrogens with one attached hydrogen (secondary N) is 1. The maximum Gasteiger partial charge on any atom is 0.104 e. The second-order valence-corrected chi connectivity index (χ2v) is 5.67. The van der Waals surface area contributed by atoms with Gasteiger partial charge in [-0.3, -0.25) is 0 Å². The third-order valence-corrected chi connectivity index (χ3v) is 3.13. The van der Waals surface area contributed by atoms with Crippen molar-refractivity contribution in [3.05, 3.63) is 11.6 Å². The largest absolute Gasteiger partial charge is 0.309 e. The quantitative estimate of drug-likeness (QED) is 0.708. The lowest BCUT2D eigenvalue weighted by Gasteiger charge is -2.31. The first-order valence-electron chi connectivity index (χ1n) is 5.95. The van der Waals surface area contributed by atoms with E-state index in [0.29, 0.717) is 11.5 Å². The van der Waals surface area contributed by atoms with E-state index in [1.165, 1.54) is 0 Å². The van der Waals surface area contributed by atoms with Crippen molar-refractivity contribution in [1.82, 2.24) is 5.32 Å². The van der Waals surface area contributed by atoms with Crippen LogP contribution in [0.1, 0.15) is 47.0 Å². The molecule has 88 valence electrons. The van der Waals surface area contributed by atoms with Gasteiger partial charge in [-0.15, -0.1) is 0 Å². The minimum Gasteiger partial charge on any atom is -0.309 e. The minimum atomic E-state index is -0.271. The standard InChI is InChI=1S/C13H24FN/c1-10(9-14)15-12-7-5-11(6-8-12)13(2,3)4/h5,10,12,15H,6-9H2,1-4H3. The summed E-state index contributed by atoms with van der Waals surface area (Å²) in [6.07, 6.45) is 5.69. The molecule has 1 N–H and O–H groups in total. The van der Waals surface area contributed by atoms with E-state index in [1.807, 2.05) is 6.92 Å². The van der Waals surface area contributed by atoms with Crippen LogP contribution in [0.4, 0.5) is 4.39 Å². The molecular weight excluding hydrogens is 189 g/mol. The normalized spacial score (nSPS) is 24.9. The van der Waals surface area contributed by atoms with E-state index in [2.05, 4.69) is 32.2 Å². The van der Waals surface area contributed by atoms with Gasteiger partial charge in [0, 0.05) is 12.1 Å². The summed E-state index contributed by atoms with van der Waals surface area (Å²) >= 11 is 0. The fraction of sp³-hybridized carbons (Fsp3) is 0.846. The highest BCUT2D eigenvalue weighted by Crippen LogP contribution is 2.33. The third kappa shape index (κ3) is 3.94. The van der Waals surface area contributed by atoms with Gasteiger partial charge in [-0.05, 0) is 31.6 Å². The SMILES string of the molecule is CC(CF)NC1CC=C(C(C)(C)C)CC1. The van der Waals surface area contributed by atoms with Crippen molar-refractivity contribution >= 4 is 0 Å². The van der Waals surface area contributed by atoms with Gasteiger partial charge in [-0.25, -0.2) is 4.39 Å². The third-order valence-electron chi connectivity index (χ3n) is 3.13. The summed E-state index contributed by atoms with van der Waals surface area (Å²) in [5.74, 6) is 0. The summed E-state index contributed by atoms with van der Waals surface area (Å²) in [5, 5.41) is 3.32. The van der Waals surface area contributed by atoms with Crippen LogP contribution in [0, 0.1) is 5.41 Å². The molecule has 0 amide bonds. The Morgan fingerprint density at radius 3 is 2.60 bits per heavy atom. The molecule has 2 unspecified atom stereocenters. The Labute approximate surface area is 93.1 Å². The minimum absolute atomic E-state index is 0.000383. The van der Waals surface area contributed by atoms with Crippen LogP contribution in [0.2, 0.25) is 0 Å². The van der Waals surface area contributed by atoms with E-state index in [9.17, 15) is 4.39 Å². The van der Waals surface area contributed by atoms with Crippen molar-refractivity contribution in [2.45, 2.75) is 59.0 Å². The van der Waals surface area contributed by atoms with Crippen LogP contribution < -0.4 is 5.32 Å². The van der Waals surface area contributed by atoms with Gasteiger partial charge in [0.2, 0.25) is 0 Å². The van der Waals surface area contributed by atoms with Crippen molar-refractivity contribution < 1.29 is 4.39 Å². The molecule has 0 radical (unpaired) electrons. The number of rotatable bonds is 3. The van der Waals surface area contributed by atoms with Gasteiger partial charge in [0.25, 0.3) is 0 Å². The van der Waals surface area contributed by atoms with Crippen molar-refractivity contribution in [3.8, 4) is 0 Å². The summed E-state index contributed by atoms with van der Waals surface area (Å²) < 4.78 is 12.3. The molecule has 0 saturated heterocycles. The van der Waals surface area contributed by atoms with Crippen molar-refractivity contribution in [2.24, 2.45) is 5.41 Å². The molecule has 0 aromatic heterocycles. The van der Waals surface area contributed by atoms with E-state index in [0.717, 1.165) is 19.3 Å². The molecule has 0 spiro atoms. The van der Waals surface area contributed by atoms with Crippen LogP contribution in [-0.4, -0.2) is 18.8 Å². The van der Waals surface area contributed by atoms with Crippen LogP contribution >= 0.6 is 0 Å². The number of halogens is 1. The number of allylic oxidation sites excluding steroid dienone is 1. The molecule has 1 aliphatic carbocycles. The van der Waals surface area contributed by atoms with Gasteiger partial charge in [0.1, 0.15) is 6.67 Å². The first kappa shape index (κ1) is 12.7. The fourth-order valence-corrected chi connectivity index (χ4v) is 2.11. The van der Waals surface area contributed by atoms with Crippen LogP contribution in [0.15, 0.2) is 11.6 Å². The molecule has 1 rings (SSSR count). The van der Waals surface area contributed by atoms with Crippen LogP contribution in [0.5, 0.6) is 0 Å². The first-order chi connectivity index (χ1) is 6.93. The van der Waals surface area contributed by atoms with Gasteiger partial charge in [0.05, 0.1) is 0 Å². The second-order valence-electron chi connectivity index (χ2n) is 5.67. The summed E-state index contributed by atoms with van der Waals surface area (Å²) in [7, 11) is 0. The lowest BCUT2D eigenvalue weighted by Crippen LogP contribution is -2.39. The Balaban J connectivity index is 2.44. The molecule has 0 fully saturated rings. The van der Waals surface area contributed by atoms with Gasteiger partial charge < -0.3 is 5.32 Å². The zero-order valence-electron chi connectivity index (χ0n) is 10.4. The van der Waals surface area contributed by atoms with E-state index < -0.39 is 0 Å². The Hall–Kier alpha value is -0.370. The van der Waals surface area contributed by atoms with E-state index in [1.54, 1.807) is 5.57 Å². The summed E-state index contributed by atoms with van der Waals surface area (Å²) in [6.45, 7) is 8.42. The van der Waals surface area contributed by atoms with Gasteiger partial charge in [-0.1, -0.05) is 32.4 Å². The van der Waals surface area contributed by atoms with Gasteiger partial charge in [-0.2, -0.15) is 0 Å². The molecule has 2 atom stereocenters. The molecule has 0 saturated carbocycles. The smallest absolute Gasteiger partial charge is 0.104 e. The highest BCUT2D eigenvalue weighted by Gasteiger charge is 2.22. The topological polar surface area (TPSA) is 12.0 Å². The maximum atomic E-state index is 12.3. The lowest BCUT2D eigenvalue weighted by molar-refractivity contribution is 0.334. The predicted octanol–water partition coefficient (Wildman–Crippen LogP) is 3.46. The van der Waals surface area contributed by atoms with Crippen LogP contribution in [0.25, 0.3) is 0 Å². The van der Waals surface area contributed by atoms with Crippen molar-refractivity contribution in [1.29, 1.82) is 0 Å². The van der Waals surface area contributed by atoms with E-state index in [4.69, 9.17) is 0 Å². The molecule has 1 nitrogen and oxygen atoms in total. The lowest BCUT2D eigenvalue weighted by atomic mass is 9.79. The Kier molecular flexibility index (Phi) is 4.32. The zero-order valence-corrected chi connectivity index (χ0v) is 10.4. The molecule has 0 heterocycles. The Morgan fingerprint density at radius 1 is 1.53 bits per heavy atom. The molecule has 0 aliphatic heterocycles. The van der Waals surface area contributed by atoms with Crippen LogP contribution in [0.3, 0.4) is 0 Å². The highest BCUT2D eigenvalue weighted by atomic mass is 19.1.